The van der Waals surface area contributed by atoms with Crippen molar-refractivity contribution < 1.29 is 9.53 Å². The predicted molar refractivity (Wildman–Crippen MR) is 89.0 cm³/mol. The van der Waals surface area contributed by atoms with Gasteiger partial charge in [-0.05, 0) is 32.6 Å². The van der Waals surface area contributed by atoms with E-state index < -0.39 is 0 Å². The van der Waals surface area contributed by atoms with E-state index in [1.165, 1.54) is 11.3 Å². The van der Waals surface area contributed by atoms with Gasteiger partial charge in [0.05, 0.1) is 18.5 Å². The smallest absolute Gasteiger partial charge is 0.223 e. The minimum absolute atomic E-state index is 0.226. The van der Waals surface area contributed by atoms with Gasteiger partial charge in [-0.15, -0.1) is 0 Å². The molecular formula is C18H27N3O2. The minimum atomic E-state index is 0.226. The summed E-state index contributed by atoms with van der Waals surface area (Å²) in [5.74, 6) is 0.912. The number of aryl methyl sites for hydroxylation is 1. The monoisotopic (exact) mass is 317 g/mol. The first kappa shape index (κ1) is 16.2. The Morgan fingerprint density at radius 2 is 2.30 bits per heavy atom. The Hall–Kier alpha value is -1.62. The molecule has 5 nitrogen and oxygen atoms in total. The quantitative estimate of drug-likeness (QED) is 0.758. The van der Waals surface area contributed by atoms with Crippen LogP contribution in [0.5, 0.6) is 0 Å². The maximum Gasteiger partial charge on any atom is 0.223 e. The van der Waals surface area contributed by atoms with Crippen LogP contribution >= 0.6 is 0 Å². The standard InChI is InChI=1S/C18H27N3O2/c1-3-21-18-15(10-19-21)11-20(12-16(18)13-23-4-2)17(22)9-14-7-5-6-8-14/h5,7,10,14,16H,3-4,6,8-9,11-13H2,1-2H3. The molecule has 2 aliphatic rings. The molecule has 2 unspecified atom stereocenters. The number of ether oxygens (including phenoxy) is 1. The van der Waals surface area contributed by atoms with Gasteiger partial charge in [-0.25, -0.2) is 0 Å². The lowest BCUT2D eigenvalue weighted by Gasteiger charge is -2.34. The number of allylic oxidation sites excluding steroid dienone is 2. The largest absolute Gasteiger partial charge is 0.381 e. The molecule has 0 radical (unpaired) electrons. The summed E-state index contributed by atoms with van der Waals surface area (Å²) >= 11 is 0. The molecule has 0 bridgehead atoms. The zero-order valence-corrected chi connectivity index (χ0v) is 14.2. The van der Waals surface area contributed by atoms with Crippen LogP contribution in [0, 0.1) is 5.92 Å². The molecule has 1 amide bonds. The van der Waals surface area contributed by atoms with Gasteiger partial charge >= 0.3 is 0 Å². The Balaban J connectivity index is 1.73. The van der Waals surface area contributed by atoms with Crippen molar-refractivity contribution in [3.63, 3.8) is 0 Å². The highest BCUT2D eigenvalue weighted by molar-refractivity contribution is 5.77. The van der Waals surface area contributed by atoms with Gasteiger partial charge in [0.1, 0.15) is 0 Å². The number of fused-ring (bicyclic) bond motifs is 1. The van der Waals surface area contributed by atoms with E-state index in [1.54, 1.807) is 0 Å². The third kappa shape index (κ3) is 3.50. The molecule has 2 atom stereocenters. The maximum atomic E-state index is 12.7. The summed E-state index contributed by atoms with van der Waals surface area (Å²) in [6.45, 7) is 7.76. The highest BCUT2D eigenvalue weighted by atomic mass is 16.5. The first-order valence-corrected chi connectivity index (χ1v) is 8.79. The third-order valence-electron chi connectivity index (χ3n) is 4.87. The van der Waals surface area contributed by atoms with Gasteiger partial charge in [-0.3, -0.25) is 9.48 Å². The van der Waals surface area contributed by atoms with E-state index in [9.17, 15) is 4.79 Å². The molecular weight excluding hydrogens is 290 g/mol. The second-order valence-electron chi connectivity index (χ2n) is 6.47. The van der Waals surface area contributed by atoms with E-state index in [2.05, 4.69) is 28.9 Å². The van der Waals surface area contributed by atoms with Crippen molar-refractivity contribution in [2.45, 2.75) is 52.1 Å². The molecule has 1 aromatic rings. The van der Waals surface area contributed by atoms with Crippen LogP contribution in [0.4, 0.5) is 0 Å². The summed E-state index contributed by atoms with van der Waals surface area (Å²) < 4.78 is 7.73. The molecule has 0 spiro atoms. The highest BCUT2D eigenvalue weighted by Crippen LogP contribution is 2.30. The van der Waals surface area contributed by atoms with Gasteiger partial charge in [0, 0.05) is 44.1 Å². The van der Waals surface area contributed by atoms with Crippen molar-refractivity contribution in [2.24, 2.45) is 5.92 Å². The Labute approximate surface area is 138 Å². The lowest BCUT2D eigenvalue weighted by atomic mass is 9.95. The van der Waals surface area contributed by atoms with Crippen molar-refractivity contribution in [2.75, 3.05) is 19.8 Å². The van der Waals surface area contributed by atoms with Crippen LogP contribution in [0.3, 0.4) is 0 Å². The van der Waals surface area contributed by atoms with E-state index in [-0.39, 0.29) is 11.8 Å². The van der Waals surface area contributed by atoms with Crippen LogP contribution in [0.15, 0.2) is 18.3 Å². The van der Waals surface area contributed by atoms with Gasteiger partial charge < -0.3 is 9.64 Å². The topological polar surface area (TPSA) is 47.4 Å². The summed E-state index contributed by atoms with van der Waals surface area (Å²) in [6.07, 6.45) is 9.16. The van der Waals surface area contributed by atoms with Crippen molar-refractivity contribution in [3.8, 4) is 0 Å². The normalized spacial score (nSPS) is 23.3. The molecule has 23 heavy (non-hydrogen) atoms. The fourth-order valence-corrected chi connectivity index (χ4v) is 3.70. The number of carbonyl (C=O) groups is 1. The average molecular weight is 317 g/mol. The van der Waals surface area contributed by atoms with Crippen LogP contribution in [0.1, 0.15) is 50.3 Å². The van der Waals surface area contributed by atoms with Crippen LogP contribution in [0.2, 0.25) is 0 Å². The third-order valence-corrected chi connectivity index (χ3v) is 4.87. The molecule has 2 heterocycles. The molecule has 0 N–H and O–H groups in total. The lowest BCUT2D eigenvalue weighted by Crippen LogP contribution is -2.40. The summed E-state index contributed by atoms with van der Waals surface area (Å²) in [7, 11) is 0. The second-order valence-corrected chi connectivity index (χ2v) is 6.47. The molecule has 1 aromatic heterocycles. The van der Waals surface area contributed by atoms with Gasteiger partial charge in [0.15, 0.2) is 0 Å². The fraction of sp³-hybridized carbons (Fsp3) is 0.667. The van der Waals surface area contributed by atoms with E-state index in [1.807, 2.05) is 18.0 Å². The zero-order valence-electron chi connectivity index (χ0n) is 14.2. The van der Waals surface area contributed by atoms with Crippen LogP contribution in [0.25, 0.3) is 0 Å². The van der Waals surface area contributed by atoms with Crippen molar-refractivity contribution in [3.05, 3.63) is 29.6 Å². The molecule has 0 fully saturated rings. The number of nitrogens with zero attached hydrogens (tertiary/aromatic N) is 3. The lowest BCUT2D eigenvalue weighted by molar-refractivity contribution is -0.133. The number of hydrogen-bond acceptors (Lipinski definition) is 3. The Kier molecular flexibility index (Phi) is 5.16. The Morgan fingerprint density at radius 1 is 1.43 bits per heavy atom. The van der Waals surface area contributed by atoms with Gasteiger partial charge in [0.25, 0.3) is 0 Å². The molecule has 0 saturated heterocycles. The molecule has 1 aliphatic carbocycles. The summed E-state index contributed by atoms with van der Waals surface area (Å²) in [4.78, 5) is 14.7. The highest BCUT2D eigenvalue weighted by Gasteiger charge is 2.32. The molecule has 3 rings (SSSR count). The minimum Gasteiger partial charge on any atom is -0.381 e. The predicted octanol–water partition coefficient (Wildman–Crippen LogP) is 2.72. The van der Waals surface area contributed by atoms with Crippen LogP contribution < -0.4 is 0 Å². The Morgan fingerprint density at radius 3 is 3.00 bits per heavy atom. The molecule has 0 saturated carbocycles. The fourth-order valence-electron chi connectivity index (χ4n) is 3.70. The van der Waals surface area contributed by atoms with E-state index >= 15 is 0 Å². The average Bonchev–Trinajstić information content (AvgIpc) is 3.21. The van der Waals surface area contributed by atoms with Crippen LogP contribution in [-0.4, -0.2) is 40.3 Å². The van der Waals surface area contributed by atoms with Gasteiger partial charge in [0.2, 0.25) is 5.91 Å². The number of rotatable bonds is 6. The van der Waals surface area contributed by atoms with E-state index in [4.69, 9.17) is 4.74 Å². The van der Waals surface area contributed by atoms with Gasteiger partial charge in [-0.1, -0.05) is 12.2 Å². The van der Waals surface area contributed by atoms with Crippen molar-refractivity contribution >= 4 is 5.91 Å². The first-order valence-electron chi connectivity index (χ1n) is 8.79. The molecule has 0 aromatic carbocycles. The van der Waals surface area contributed by atoms with E-state index in [0.29, 0.717) is 32.1 Å². The second kappa shape index (κ2) is 7.30. The SMILES string of the molecule is CCOCC1CN(C(=O)CC2C=CCC2)Cc2cnn(CC)c21. The number of hydrogen-bond donors (Lipinski definition) is 0. The summed E-state index contributed by atoms with van der Waals surface area (Å²) in [5, 5.41) is 4.48. The van der Waals surface area contributed by atoms with Crippen molar-refractivity contribution in [1.29, 1.82) is 0 Å². The first-order chi connectivity index (χ1) is 11.2. The maximum absolute atomic E-state index is 12.7. The zero-order chi connectivity index (χ0) is 16.2. The molecule has 5 heteroatoms. The van der Waals surface area contributed by atoms with Crippen LogP contribution in [-0.2, 0) is 22.6 Å². The number of aromatic nitrogens is 2. The van der Waals surface area contributed by atoms with Gasteiger partial charge in [-0.2, -0.15) is 5.10 Å². The number of amides is 1. The number of carbonyl (C=O) groups excluding carboxylic acids is 1. The molecule has 126 valence electrons. The summed E-state index contributed by atoms with van der Waals surface area (Å²) in [6, 6.07) is 0. The molecule has 1 aliphatic heterocycles. The summed E-state index contributed by atoms with van der Waals surface area (Å²) in [5.41, 5.74) is 2.43. The van der Waals surface area contributed by atoms with E-state index in [0.717, 1.165) is 25.9 Å². The Bertz CT molecular complexity index is 579. The van der Waals surface area contributed by atoms with Crippen molar-refractivity contribution in [1.82, 2.24) is 14.7 Å².